The summed E-state index contributed by atoms with van der Waals surface area (Å²) in [4.78, 5) is 18.2. The largest absolute Gasteiger partial charge is 0.497 e. The Morgan fingerprint density at radius 3 is 2.47 bits per heavy atom. The van der Waals surface area contributed by atoms with Gasteiger partial charge >= 0.3 is 6.03 Å². The molecule has 176 valence electrons. The first-order valence-corrected chi connectivity index (χ1v) is 11.2. The summed E-state index contributed by atoms with van der Waals surface area (Å²) < 4.78 is 24.2. The quantitative estimate of drug-likeness (QED) is 0.322. The van der Waals surface area contributed by atoms with Crippen molar-refractivity contribution in [2.45, 2.75) is 19.9 Å². The predicted molar refractivity (Wildman–Crippen MR) is 132 cm³/mol. The first-order chi connectivity index (χ1) is 16.6. The van der Waals surface area contributed by atoms with Crippen LogP contribution in [0.3, 0.4) is 0 Å². The number of halogens is 1. The van der Waals surface area contributed by atoms with Crippen molar-refractivity contribution >= 4 is 22.6 Å². The van der Waals surface area contributed by atoms with E-state index in [-0.39, 0.29) is 11.8 Å². The molecule has 0 fully saturated rings. The molecule has 0 aliphatic carbocycles. The Balaban J connectivity index is 1.51. The van der Waals surface area contributed by atoms with Crippen LogP contribution in [0.25, 0.3) is 10.9 Å². The van der Waals surface area contributed by atoms with Crippen LogP contribution in [0.5, 0.6) is 11.5 Å². The van der Waals surface area contributed by atoms with Crippen LogP contribution >= 0.6 is 0 Å². The number of benzene rings is 3. The third-order valence-electron chi connectivity index (χ3n) is 5.62. The molecule has 1 aromatic heterocycles. The third kappa shape index (κ3) is 5.67. The van der Waals surface area contributed by atoms with Crippen molar-refractivity contribution in [3.8, 4) is 11.5 Å². The van der Waals surface area contributed by atoms with Gasteiger partial charge in [-0.3, -0.25) is 0 Å². The molecule has 4 aromatic rings. The van der Waals surface area contributed by atoms with Gasteiger partial charge in [0.25, 0.3) is 0 Å². The first kappa shape index (κ1) is 23.2. The second-order valence-corrected chi connectivity index (χ2v) is 7.91. The molecule has 0 saturated carbocycles. The van der Waals surface area contributed by atoms with Crippen molar-refractivity contribution in [2.75, 3.05) is 25.6 Å². The first-order valence-electron chi connectivity index (χ1n) is 11.2. The Labute approximate surface area is 198 Å². The number of hydrogen-bond donors (Lipinski definition) is 2. The topological polar surface area (TPSA) is 66.6 Å². The van der Waals surface area contributed by atoms with Crippen molar-refractivity contribution in [3.05, 3.63) is 89.9 Å². The number of nitrogens with one attached hydrogen (secondary N) is 2. The maximum absolute atomic E-state index is 13.4. The molecular formula is C27H28FN3O3. The van der Waals surface area contributed by atoms with Gasteiger partial charge in [-0.05, 0) is 79.1 Å². The fourth-order valence-electron chi connectivity index (χ4n) is 3.81. The molecule has 2 amide bonds. The van der Waals surface area contributed by atoms with Crippen LogP contribution in [0.1, 0.15) is 18.1 Å². The number of aromatic nitrogens is 1. The summed E-state index contributed by atoms with van der Waals surface area (Å²) in [6.07, 6.45) is 2.61. The molecule has 0 saturated heterocycles. The number of anilines is 1. The highest BCUT2D eigenvalue weighted by Crippen LogP contribution is 2.24. The van der Waals surface area contributed by atoms with Gasteiger partial charge in [-0.15, -0.1) is 0 Å². The minimum atomic E-state index is -0.304. The summed E-state index contributed by atoms with van der Waals surface area (Å²) in [6, 6.07) is 19.1. The van der Waals surface area contributed by atoms with Crippen molar-refractivity contribution in [3.63, 3.8) is 0 Å². The Hall–Kier alpha value is -4.00. The van der Waals surface area contributed by atoms with Crippen molar-refractivity contribution in [2.24, 2.45) is 0 Å². The van der Waals surface area contributed by atoms with Gasteiger partial charge in [0, 0.05) is 35.9 Å². The van der Waals surface area contributed by atoms with Crippen molar-refractivity contribution < 1.29 is 18.7 Å². The number of rotatable bonds is 9. The second kappa shape index (κ2) is 10.7. The summed E-state index contributed by atoms with van der Waals surface area (Å²) in [5.41, 5.74) is 3.63. The molecule has 0 spiro atoms. The van der Waals surface area contributed by atoms with Gasteiger partial charge in [-0.25, -0.2) is 9.18 Å². The number of ether oxygens (including phenoxy) is 2. The molecule has 2 N–H and O–H groups in total. The van der Waals surface area contributed by atoms with E-state index >= 15 is 0 Å². The number of aromatic amines is 1. The molecule has 4 rings (SSSR count). The van der Waals surface area contributed by atoms with E-state index in [9.17, 15) is 9.18 Å². The van der Waals surface area contributed by atoms with Crippen molar-refractivity contribution in [1.29, 1.82) is 0 Å². The van der Waals surface area contributed by atoms with E-state index in [0.29, 0.717) is 31.8 Å². The highest BCUT2D eigenvalue weighted by Gasteiger charge is 2.16. The number of fused-ring (bicyclic) bond motifs is 1. The van der Waals surface area contributed by atoms with Gasteiger partial charge in [-0.1, -0.05) is 12.1 Å². The van der Waals surface area contributed by atoms with E-state index in [1.54, 1.807) is 24.1 Å². The number of nitrogens with zero attached hydrogens (tertiary/aromatic N) is 1. The van der Waals surface area contributed by atoms with Gasteiger partial charge in [0.1, 0.15) is 17.3 Å². The van der Waals surface area contributed by atoms with E-state index in [2.05, 4.69) is 10.3 Å². The van der Waals surface area contributed by atoms with E-state index in [0.717, 1.165) is 33.5 Å². The fourth-order valence-corrected chi connectivity index (χ4v) is 3.81. The lowest BCUT2D eigenvalue weighted by Crippen LogP contribution is -2.36. The number of carbonyl (C=O) groups excluding carboxylic acids is 1. The summed E-state index contributed by atoms with van der Waals surface area (Å²) in [7, 11) is 1.64. The van der Waals surface area contributed by atoms with Gasteiger partial charge in [-0.2, -0.15) is 0 Å². The lowest BCUT2D eigenvalue weighted by molar-refractivity contribution is 0.210. The SMILES string of the molecule is CCOc1ccc(NC(=O)N(CCc2c[nH]c3ccc(OC)cc23)Cc2ccc(F)cc2)cc1. The van der Waals surface area contributed by atoms with E-state index in [4.69, 9.17) is 9.47 Å². The number of carbonyl (C=O) groups is 1. The average Bonchev–Trinajstić information content (AvgIpc) is 3.26. The van der Waals surface area contributed by atoms with Gasteiger partial charge in [0.15, 0.2) is 0 Å². The molecule has 34 heavy (non-hydrogen) atoms. The molecule has 6 nitrogen and oxygen atoms in total. The molecule has 0 bridgehead atoms. The van der Waals surface area contributed by atoms with Crippen LogP contribution in [0, 0.1) is 5.82 Å². The normalized spacial score (nSPS) is 10.8. The third-order valence-corrected chi connectivity index (χ3v) is 5.62. The summed E-state index contributed by atoms with van der Waals surface area (Å²) in [5, 5.41) is 4.02. The molecule has 7 heteroatoms. The smallest absolute Gasteiger partial charge is 0.322 e. The Morgan fingerprint density at radius 1 is 1.03 bits per heavy atom. The van der Waals surface area contributed by atoms with E-state index in [1.807, 2.05) is 55.6 Å². The van der Waals surface area contributed by atoms with Crippen LogP contribution in [0.2, 0.25) is 0 Å². The van der Waals surface area contributed by atoms with E-state index in [1.165, 1.54) is 12.1 Å². The zero-order valence-electron chi connectivity index (χ0n) is 19.3. The maximum atomic E-state index is 13.4. The molecule has 0 aliphatic rings. The maximum Gasteiger partial charge on any atom is 0.322 e. The van der Waals surface area contributed by atoms with E-state index < -0.39 is 0 Å². The Morgan fingerprint density at radius 2 is 1.76 bits per heavy atom. The molecule has 1 heterocycles. The zero-order chi connectivity index (χ0) is 23.9. The summed E-state index contributed by atoms with van der Waals surface area (Å²) in [6.45, 7) is 3.34. The van der Waals surface area contributed by atoms with Crippen LogP contribution < -0.4 is 14.8 Å². The molecule has 0 unspecified atom stereocenters. The highest BCUT2D eigenvalue weighted by molar-refractivity contribution is 5.89. The number of H-pyrrole nitrogens is 1. The van der Waals surface area contributed by atoms with Gasteiger partial charge in [0.2, 0.25) is 0 Å². The van der Waals surface area contributed by atoms with Crippen LogP contribution in [-0.4, -0.2) is 36.2 Å². The molecule has 0 radical (unpaired) electrons. The Bertz CT molecular complexity index is 1240. The number of methoxy groups -OCH3 is 1. The molecule has 0 atom stereocenters. The Kier molecular flexibility index (Phi) is 7.32. The number of hydrogen-bond acceptors (Lipinski definition) is 3. The fraction of sp³-hybridized carbons (Fsp3) is 0.222. The predicted octanol–water partition coefficient (Wildman–Crippen LogP) is 5.99. The van der Waals surface area contributed by atoms with Gasteiger partial charge < -0.3 is 24.7 Å². The number of urea groups is 1. The monoisotopic (exact) mass is 461 g/mol. The standard InChI is InChI=1S/C27H28FN3O3/c1-3-34-23-10-8-22(9-11-23)30-27(32)31(18-19-4-6-21(28)7-5-19)15-14-20-17-29-26-13-12-24(33-2)16-25(20)26/h4-13,16-17,29H,3,14-15,18H2,1-2H3,(H,30,32). The lowest BCUT2D eigenvalue weighted by atomic mass is 10.1. The van der Waals surface area contributed by atoms with Crippen molar-refractivity contribution in [1.82, 2.24) is 9.88 Å². The number of amides is 2. The minimum Gasteiger partial charge on any atom is -0.497 e. The molecule has 3 aromatic carbocycles. The highest BCUT2D eigenvalue weighted by atomic mass is 19.1. The zero-order valence-corrected chi connectivity index (χ0v) is 19.3. The summed E-state index contributed by atoms with van der Waals surface area (Å²) in [5.74, 6) is 1.23. The van der Waals surface area contributed by atoms with Gasteiger partial charge in [0.05, 0.1) is 13.7 Å². The van der Waals surface area contributed by atoms with Crippen LogP contribution in [0.15, 0.2) is 72.9 Å². The lowest BCUT2D eigenvalue weighted by Gasteiger charge is -2.23. The molecular weight excluding hydrogens is 433 g/mol. The molecule has 0 aliphatic heterocycles. The average molecular weight is 462 g/mol. The van der Waals surface area contributed by atoms with Crippen LogP contribution in [0.4, 0.5) is 14.9 Å². The van der Waals surface area contributed by atoms with Crippen LogP contribution in [-0.2, 0) is 13.0 Å². The summed E-state index contributed by atoms with van der Waals surface area (Å²) >= 11 is 0. The second-order valence-electron chi connectivity index (χ2n) is 7.91. The minimum absolute atomic E-state index is 0.231.